The first kappa shape index (κ1) is 26.1. The van der Waals surface area contributed by atoms with Crippen molar-refractivity contribution in [2.45, 2.75) is 38.1 Å². The van der Waals surface area contributed by atoms with Crippen molar-refractivity contribution in [3.63, 3.8) is 0 Å². The van der Waals surface area contributed by atoms with E-state index in [0.717, 1.165) is 15.6 Å². The standard InChI is InChI=1S/C25H30ClN3O4S2/c1-25(12-14-29(25)23(30)21-17-34-22-7-4-3-6-20(21)22)24(31)28(13-5-15-35(32,33)27-2)16-18-8-10-19(26)11-9-18/h3-4,6-11,17,24,27,31H,5,12-16H2,1-2H3. The number of carbonyl (C=O) groups is 1. The van der Waals surface area contributed by atoms with Gasteiger partial charge in [-0.15, -0.1) is 11.3 Å². The normalized spacial score (nSPS) is 19.2. The molecule has 1 saturated heterocycles. The Morgan fingerprint density at radius 1 is 1.26 bits per heavy atom. The van der Waals surface area contributed by atoms with E-state index in [2.05, 4.69) is 4.72 Å². The molecule has 1 fully saturated rings. The molecule has 1 aliphatic heterocycles. The first-order chi connectivity index (χ1) is 16.6. The Balaban J connectivity index is 1.55. The van der Waals surface area contributed by atoms with Gasteiger partial charge in [-0.1, -0.05) is 41.9 Å². The number of halogens is 1. The van der Waals surface area contributed by atoms with E-state index in [9.17, 15) is 18.3 Å². The highest BCUT2D eigenvalue weighted by Gasteiger charge is 2.51. The van der Waals surface area contributed by atoms with E-state index in [1.807, 2.05) is 53.6 Å². The van der Waals surface area contributed by atoms with Crippen LogP contribution in [0, 0.1) is 0 Å². The molecule has 35 heavy (non-hydrogen) atoms. The molecule has 10 heteroatoms. The number of aliphatic hydroxyl groups is 1. The smallest absolute Gasteiger partial charge is 0.255 e. The minimum Gasteiger partial charge on any atom is -0.376 e. The second kappa shape index (κ2) is 10.5. The van der Waals surface area contributed by atoms with Crippen molar-refractivity contribution in [2.24, 2.45) is 0 Å². The number of fused-ring (bicyclic) bond motifs is 1. The summed E-state index contributed by atoms with van der Waals surface area (Å²) in [5.41, 5.74) is 0.789. The Kier molecular flexibility index (Phi) is 7.85. The van der Waals surface area contributed by atoms with Gasteiger partial charge in [0.2, 0.25) is 10.0 Å². The second-order valence-corrected chi connectivity index (χ2v) is 12.5. The number of hydrogen-bond acceptors (Lipinski definition) is 6. The first-order valence-electron chi connectivity index (χ1n) is 11.5. The number of carbonyl (C=O) groups excluding carboxylic acids is 1. The van der Waals surface area contributed by atoms with Crippen LogP contribution >= 0.6 is 22.9 Å². The minimum absolute atomic E-state index is 0.0480. The van der Waals surface area contributed by atoms with Crippen LogP contribution in [0.4, 0.5) is 0 Å². The molecule has 7 nitrogen and oxygen atoms in total. The van der Waals surface area contributed by atoms with E-state index in [-0.39, 0.29) is 11.7 Å². The minimum atomic E-state index is -3.36. The molecule has 0 bridgehead atoms. The SMILES string of the molecule is CNS(=O)(=O)CCCN(Cc1ccc(Cl)cc1)C(O)C1(C)CCN1C(=O)c1csc2ccccc12. The van der Waals surface area contributed by atoms with Crippen LogP contribution in [-0.2, 0) is 16.6 Å². The molecule has 0 spiro atoms. The summed E-state index contributed by atoms with van der Waals surface area (Å²) in [6.45, 7) is 3.20. The van der Waals surface area contributed by atoms with Crippen LogP contribution in [0.1, 0.15) is 35.7 Å². The van der Waals surface area contributed by atoms with E-state index < -0.39 is 21.8 Å². The van der Waals surface area contributed by atoms with Crippen LogP contribution in [-0.4, -0.2) is 66.9 Å². The van der Waals surface area contributed by atoms with Gasteiger partial charge in [0.1, 0.15) is 6.23 Å². The van der Waals surface area contributed by atoms with Gasteiger partial charge in [-0.05, 0) is 50.6 Å². The van der Waals surface area contributed by atoms with Gasteiger partial charge in [-0.3, -0.25) is 9.69 Å². The maximum atomic E-state index is 13.5. The monoisotopic (exact) mass is 535 g/mol. The van der Waals surface area contributed by atoms with Crippen molar-refractivity contribution in [1.82, 2.24) is 14.5 Å². The van der Waals surface area contributed by atoms with Gasteiger partial charge in [0.05, 0.1) is 16.9 Å². The van der Waals surface area contributed by atoms with Crippen molar-refractivity contribution in [3.05, 3.63) is 70.1 Å². The molecule has 1 amide bonds. The first-order valence-corrected chi connectivity index (χ1v) is 14.4. The lowest BCUT2D eigenvalue weighted by atomic mass is 9.83. The summed E-state index contributed by atoms with van der Waals surface area (Å²) in [7, 11) is -1.97. The molecule has 1 aromatic heterocycles. The summed E-state index contributed by atoms with van der Waals surface area (Å²) in [5.74, 6) is -0.146. The Hall–Kier alpha value is -2.01. The maximum absolute atomic E-state index is 13.5. The summed E-state index contributed by atoms with van der Waals surface area (Å²) >= 11 is 7.56. The van der Waals surface area contributed by atoms with Gasteiger partial charge < -0.3 is 10.0 Å². The topological polar surface area (TPSA) is 89.9 Å². The van der Waals surface area contributed by atoms with E-state index in [1.54, 1.807) is 17.0 Å². The number of likely N-dealkylation sites (tertiary alicyclic amines) is 1. The highest BCUT2D eigenvalue weighted by Crippen LogP contribution is 2.38. The van der Waals surface area contributed by atoms with E-state index >= 15 is 0 Å². The lowest BCUT2D eigenvalue weighted by Gasteiger charge is -2.55. The zero-order valence-electron chi connectivity index (χ0n) is 19.8. The lowest BCUT2D eigenvalue weighted by molar-refractivity contribution is -0.141. The Morgan fingerprint density at radius 2 is 1.97 bits per heavy atom. The molecule has 0 aliphatic carbocycles. The van der Waals surface area contributed by atoms with Gasteiger partial charge in [0.25, 0.3) is 5.91 Å². The predicted octanol–water partition coefficient (Wildman–Crippen LogP) is 3.92. The zero-order valence-corrected chi connectivity index (χ0v) is 22.2. The van der Waals surface area contributed by atoms with E-state index in [0.29, 0.717) is 43.1 Å². The van der Waals surface area contributed by atoms with Crippen molar-refractivity contribution in [3.8, 4) is 0 Å². The second-order valence-electron chi connectivity index (χ2n) is 9.06. The van der Waals surface area contributed by atoms with Gasteiger partial charge in [0.15, 0.2) is 0 Å². The van der Waals surface area contributed by atoms with Gasteiger partial charge in [0, 0.05) is 40.1 Å². The summed E-state index contributed by atoms with van der Waals surface area (Å²) in [5, 5.41) is 15.0. The molecular weight excluding hydrogens is 506 g/mol. The van der Waals surface area contributed by atoms with Crippen molar-refractivity contribution >= 4 is 49.0 Å². The number of thiophene rings is 1. The number of benzene rings is 2. The molecule has 3 aromatic rings. The molecule has 2 heterocycles. The van der Waals surface area contributed by atoms with Crippen molar-refractivity contribution in [2.75, 3.05) is 25.9 Å². The van der Waals surface area contributed by atoms with Gasteiger partial charge >= 0.3 is 0 Å². The van der Waals surface area contributed by atoms with Crippen LogP contribution in [0.15, 0.2) is 53.9 Å². The third-order valence-electron chi connectivity index (χ3n) is 6.79. The van der Waals surface area contributed by atoms with Crippen molar-refractivity contribution < 1.29 is 18.3 Å². The fourth-order valence-electron chi connectivity index (χ4n) is 4.53. The summed E-state index contributed by atoms with van der Waals surface area (Å²) in [6, 6.07) is 15.2. The van der Waals surface area contributed by atoms with Gasteiger partial charge in [-0.2, -0.15) is 0 Å². The fraction of sp³-hybridized carbons (Fsp3) is 0.400. The molecule has 188 valence electrons. The summed E-state index contributed by atoms with van der Waals surface area (Å²) < 4.78 is 27.2. The molecular formula is C25H30ClN3O4S2. The molecule has 0 radical (unpaired) electrons. The third-order valence-corrected chi connectivity index (χ3v) is 9.45. The Bertz CT molecular complexity index is 1300. The number of sulfonamides is 1. The number of nitrogens with one attached hydrogen (secondary N) is 1. The van der Waals surface area contributed by atoms with Crippen LogP contribution in [0.5, 0.6) is 0 Å². The van der Waals surface area contributed by atoms with Crippen LogP contribution in [0.3, 0.4) is 0 Å². The predicted molar refractivity (Wildman–Crippen MR) is 141 cm³/mol. The number of amides is 1. The number of rotatable bonds is 10. The third kappa shape index (κ3) is 5.55. The Morgan fingerprint density at radius 3 is 2.63 bits per heavy atom. The van der Waals surface area contributed by atoms with Gasteiger partial charge in [-0.25, -0.2) is 13.1 Å². The highest BCUT2D eigenvalue weighted by atomic mass is 35.5. The van der Waals surface area contributed by atoms with Crippen LogP contribution in [0.25, 0.3) is 10.1 Å². The molecule has 2 N–H and O–H groups in total. The summed E-state index contributed by atoms with van der Waals surface area (Å²) in [6.07, 6.45) is 0.0130. The number of nitrogens with zero attached hydrogens (tertiary/aromatic N) is 2. The molecule has 2 atom stereocenters. The quantitative estimate of drug-likeness (QED) is 0.384. The van der Waals surface area contributed by atoms with Crippen LogP contribution < -0.4 is 4.72 Å². The molecule has 2 aromatic carbocycles. The largest absolute Gasteiger partial charge is 0.376 e. The molecule has 0 saturated carbocycles. The van der Waals surface area contributed by atoms with E-state index in [4.69, 9.17) is 11.6 Å². The average molecular weight is 536 g/mol. The highest BCUT2D eigenvalue weighted by molar-refractivity contribution is 7.89. The lowest BCUT2D eigenvalue weighted by Crippen LogP contribution is -2.69. The zero-order chi connectivity index (χ0) is 25.2. The summed E-state index contributed by atoms with van der Waals surface area (Å²) in [4.78, 5) is 17.1. The fourth-order valence-corrected chi connectivity index (χ4v) is 6.31. The average Bonchev–Trinajstić information content (AvgIpc) is 3.27. The Labute approximate surface area is 215 Å². The number of aliphatic hydroxyl groups excluding tert-OH is 1. The number of hydrogen-bond donors (Lipinski definition) is 2. The molecule has 1 aliphatic rings. The maximum Gasteiger partial charge on any atom is 0.255 e. The molecule has 4 rings (SSSR count). The molecule has 2 unspecified atom stereocenters. The van der Waals surface area contributed by atoms with E-state index in [1.165, 1.54) is 18.4 Å². The van der Waals surface area contributed by atoms with Crippen molar-refractivity contribution in [1.29, 1.82) is 0 Å². The van der Waals surface area contributed by atoms with Crippen LogP contribution in [0.2, 0.25) is 5.02 Å².